The molecule has 1 aliphatic heterocycles. The first-order valence-corrected chi connectivity index (χ1v) is 13.4. The lowest BCUT2D eigenvalue weighted by atomic mass is 9.46. The van der Waals surface area contributed by atoms with E-state index >= 15 is 0 Å². The molecule has 3 nitrogen and oxygen atoms in total. The van der Waals surface area contributed by atoms with E-state index in [-0.39, 0.29) is 25.3 Å². The van der Waals surface area contributed by atoms with Crippen molar-refractivity contribution < 1.29 is 9.59 Å². The number of imide groups is 1. The normalized spacial score (nSPS) is 38.6. The summed E-state index contributed by atoms with van der Waals surface area (Å²) >= 11 is 0. The number of carbonyl (C=O) groups is 2. The summed E-state index contributed by atoms with van der Waals surface area (Å²) in [6.45, 7) is 17.6. The molecule has 0 aromatic carbocycles. The van der Waals surface area contributed by atoms with E-state index < -0.39 is 0 Å². The molecule has 188 valence electrons. The molecule has 0 radical (unpaired) electrons. The van der Waals surface area contributed by atoms with Gasteiger partial charge in [-0.15, -0.1) is 0 Å². The van der Waals surface area contributed by atoms with E-state index in [1.807, 2.05) is 39.8 Å². The van der Waals surface area contributed by atoms with Gasteiger partial charge in [0, 0.05) is 17.2 Å². The van der Waals surface area contributed by atoms with Crippen LogP contribution in [-0.4, -0.2) is 22.8 Å². The largest absolute Gasteiger partial charge is 0.272 e. The van der Waals surface area contributed by atoms with Gasteiger partial charge in [-0.1, -0.05) is 61.1 Å². The van der Waals surface area contributed by atoms with E-state index in [4.69, 9.17) is 0 Å². The standard InChI is InChI=1S/C27H41NO2.C2H6.CH4/c1-7-8-23-18(5)25(29)28(26(23)30)20-13-14-27(6)19(15-20)9-10-22-17(4)21(16(2)3)11-12-24(22)27;1-2;/h7-8,16-17,19-22,24H,9-15H2,1-6H3;1-2H3;1H4/b8-7-;;/t17?,19?,20?,21-,22?,24?,27?;;/m1../s1. The molecule has 0 aromatic heterocycles. The first kappa shape index (κ1) is 27.9. The molecule has 3 aliphatic carbocycles. The minimum absolute atomic E-state index is 0. The van der Waals surface area contributed by atoms with E-state index in [2.05, 4.69) is 27.7 Å². The molecule has 6 unspecified atom stereocenters. The Balaban J connectivity index is 0.00000125. The molecule has 3 fully saturated rings. The SMILES string of the molecule is C.C/C=C\C1=C(C)C(=O)N(C2CCC3(C)C(CCC4C(C)[C@@H](C(C)C)CCC43)C2)C1=O.CC. The monoisotopic (exact) mass is 457 g/mol. The van der Waals surface area contributed by atoms with Gasteiger partial charge in [0.15, 0.2) is 0 Å². The molecule has 0 saturated heterocycles. The van der Waals surface area contributed by atoms with Gasteiger partial charge in [-0.3, -0.25) is 14.5 Å². The Morgan fingerprint density at radius 1 is 1.03 bits per heavy atom. The molecule has 0 bridgehead atoms. The number of fused-ring (bicyclic) bond motifs is 3. The average Bonchev–Trinajstić information content (AvgIpc) is 2.98. The zero-order valence-corrected chi connectivity index (χ0v) is 21.9. The summed E-state index contributed by atoms with van der Waals surface area (Å²) in [6, 6.07) is 0.0850. The summed E-state index contributed by atoms with van der Waals surface area (Å²) in [5, 5.41) is 0. The van der Waals surface area contributed by atoms with Crippen molar-refractivity contribution in [2.75, 3.05) is 0 Å². The minimum Gasteiger partial charge on any atom is -0.272 e. The van der Waals surface area contributed by atoms with E-state index in [0.29, 0.717) is 22.5 Å². The van der Waals surface area contributed by atoms with E-state index in [1.54, 1.807) is 4.90 Å². The van der Waals surface area contributed by atoms with Gasteiger partial charge in [-0.2, -0.15) is 0 Å². The van der Waals surface area contributed by atoms with Gasteiger partial charge in [-0.05, 0) is 99.7 Å². The van der Waals surface area contributed by atoms with Crippen LogP contribution in [0.25, 0.3) is 0 Å². The summed E-state index contributed by atoms with van der Waals surface area (Å²) < 4.78 is 0. The molecule has 3 saturated carbocycles. The predicted octanol–water partition coefficient (Wildman–Crippen LogP) is 7.81. The van der Waals surface area contributed by atoms with Gasteiger partial charge in [-0.25, -0.2) is 0 Å². The van der Waals surface area contributed by atoms with Crippen molar-refractivity contribution in [1.82, 2.24) is 4.90 Å². The van der Waals surface area contributed by atoms with Crippen LogP contribution in [-0.2, 0) is 9.59 Å². The first-order valence-electron chi connectivity index (χ1n) is 13.4. The van der Waals surface area contributed by atoms with Crippen molar-refractivity contribution >= 4 is 11.8 Å². The van der Waals surface area contributed by atoms with Gasteiger partial charge >= 0.3 is 0 Å². The van der Waals surface area contributed by atoms with Gasteiger partial charge < -0.3 is 0 Å². The molecule has 4 aliphatic rings. The molecule has 33 heavy (non-hydrogen) atoms. The molecule has 0 N–H and O–H groups in total. The van der Waals surface area contributed by atoms with Gasteiger partial charge in [0.2, 0.25) is 0 Å². The third-order valence-electron chi connectivity index (χ3n) is 9.83. The molecule has 0 aromatic rings. The zero-order valence-electron chi connectivity index (χ0n) is 21.9. The number of hydrogen-bond acceptors (Lipinski definition) is 2. The molecular weight excluding hydrogens is 406 g/mol. The number of rotatable bonds is 3. The van der Waals surface area contributed by atoms with Gasteiger partial charge in [0.05, 0.1) is 0 Å². The molecule has 1 heterocycles. The van der Waals surface area contributed by atoms with Crippen LogP contribution in [0.5, 0.6) is 0 Å². The van der Waals surface area contributed by atoms with E-state index in [1.165, 1.54) is 25.7 Å². The van der Waals surface area contributed by atoms with Crippen molar-refractivity contribution in [3.8, 4) is 0 Å². The molecule has 3 heteroatoms. The zero-order chi connectivity index (χ0) is 23.8. The van der Waals surface area contributed by atoms with Crippen LogP contribution in [0.4, 0.5) is 0 Å². The van der Waals surface area contributed by atoms with E-state index in [9.17, 15) is 9.59 Å². The summed E-state index contributed by atoms with van der Waals surface area (Å²) in [7, 11) is 0. The second-order valence-corrected chi connectivity index (χ2v) is 11.3. The quantitative estimate of drug-likeness (QED) is 0.405. The lowest BCUT2D eigenvalue weighted by molar-refractivity contribution is -0.146. The Morgan fingerprint density at radius 2 is 1.70 bits per heavy atom. The highest BCUT2D eigenvalue weighted by atomic mass is 16.2. The topological polar surface area (TPSA) is 37.4 Å². The van der Waals surface area contributed by atoms with Gasteiger partial charge in [0.1, 0.15) is 0 Å². The van der Waals surface area contributed by atoms with Crippen LogP contribution < -0.4 is 0 Å². The number of allylic oxidation sites excluding steroid dienone is 1. The fourth-order valence-corrected chi connectivity index (χ4v) is 8.09. The maximum absolute atomic E-state index is 13.0. The maximum atomic E-state index is 13.0. The van der Waals surface area contributed by atoms with Crippen LogP contribution in [0.3, 0.4) is 0 Å². The Kier molecular flexibility index (Phi) is 9.21. The summed E-state index contributed by atoms with van der Waals surface area (Å²) in [5.41, 5.74) is 1.60. The van der Waals surface area contributed by atoms with Gasteiger partial charge in [0.25, 0.3) is 11.8 Å². The first-order chi connectivity index (χ1) is 15.2. The predicted molar refractivity (Wildman–Crippen MR) is 140 cm³/mol. The Hall–Kier alpha value is -1.38. The van der Waals surface area contributed by atoms with Crippen molar-refractivity contribution in [2.45, 2.75) is 114 Å². The van der Waals surface area contributed by atoms with Crippen molar-refractivity contribution in [2.24, 2.45) is 40.9 Å². The summed E-state index contributed by atoms with van der Waals surface area (Å²) in [4.78, 5) is 27.6. The van der Waals surface area contributed by atoms with Crippen molar-refractivity contribution in [3.05, 3.63) is 23.3 Å². The molecule has 0 spiro atoms. The molecule has 7 atom stereocenters. The lowest BCUT2D eigenvalue weighted by Gasteiger charge is -2.60. The molecule has 4 rings (SSSR count). The fourth-order valence-electron chi connectivity index (χ4n) is 8.09. The lowest BCUT2D eigenvalue weighted by Crippen LogP contribution is -2.55. The van der Waals surface area contributed by atoms with Crippen molar-refractivity contribution in [3.63, 3.8) is 0 Å². The summed E-state index contributed by atoms with van der Waals surface area (Å²) in [6.07, 6.45) is 12.2. The van der Waals surface area contributed by atoms with Crippen molar-refractivity contribution in [1.29, 1.82) is 0 Å². The van der Waals surface area contributed by atoms with Crippen LogP contribution >= 0.6 is 0 Å². The van der Waals surface area contributed by atoms with E-state index in [0.717, 1.165) is 48.9 Å². The number of nitrogens with zero attached hydrogens (tertiary/aromatic N) is 1. The van der Waals surface area contributed by atoms with Crippen LogP contribution in [0, 0.1) is 40.9 Å². The Morgan fingerprint density at radius 3 is 2.30 bits per heavy atom. The molecule has 2 amide bonds. The fraction of sp³-hybridized carbons (Fsp3) is 0.800. The number of hydrogen-bond donors (Lipinski definition) is 0. The highest BCUT2D eigenvalue weighted by Crippen LogP contribution is 2.61. The van der Waals surface area contributed by atoms with Crippen LogP contribution in [0.2, 0.25) is 0 Å². The minimum atomic E-state index is -0.0658. The Bertz CT molecular complexity index is 778. The second-order valence-electron chi connectivity index (χ2n) is 11.3. The highest BCUT2D eigenvalue weighted by Gasteiger charge is 2.55. The van der Waals surface area contributed by atoms with Crippen LogP contribution in [0.15, 0.2) is 23.3 Å². The third-order valence-corrected chi connectivity index (χ3v) is 9.83. The Labute approximate surface area is 204 Å². The average molecular weight is 458 g/mol. The maximum Gasteiger partial charge on any atom is 0.261 e. The smallest absolute Gasteiger partial charge is 0.261 e. The molecular formula is C30H51NO2. The van der Waals surface area contributed by atoms with Crippen LogP contribution in [0.1, 0.15) is 108 Å². The summed E-state index contributed by atoms with van der Waals surface area (Å²) in [5.74, 6) is 4.71. The third kappa shape index (κ3) is 4.63. The second kappa shape index (κ2) is 10.9. The number of carbonyl (C=O) groups excluding carboxylic acids is 2. The highest BCUT2D eigenvalue weighted by molar-refractivity contribution is 6.20. The number of amides is 2.